The lowest BCUT2D eigenvalue weighted by Crippen LogP contribution is -2.58. The van der Waals surface area contributed by atoms with Crippen LogP contribution >= 0.6 is 11.6 Å². The van der Waals surface area contributed by atoms with Crippen LogP contribution in [0.25, 0.3) is 0 Å². The molecule has 1 aliphatic rings. The summed E-state index contributed by atoms with van der Waals surface area (Å²) in [5, 5.41) is 7.47. The molecular weight excluding hydrogens is 290 g/mol. The van der Waals surface area contributed by atoms with Crippen molar-refractivity contribution in [2.24, 2.45) is 5.41 Å². The highest BCUT2D eigenvalue weighted by atomic mass is 35.5. The summed E-state index contributed by atoms with van der Waals surface area (Å²) < 4.78 is 6.91. The maximum atomic E-state index is 12.3. The van der Waals surface area contributed by atoms with E-state index in [9.17, 15) is 4.79 Å². The Morgan fingerprint density at radius 1 is 1.67 bits per heavy atom. The van der Waals surface area contributed by atoms with Crippen LogP contribution in [0.2, 0.25) is 5.02 Å². The minimum absolute atomic E-state index is 0.0635. The summed E-state index contributed by atoms with van der Waals surface area (Å²) in [5.41, 5.74) is -0.00234. The molecule has 1 aromatic rings. The lowest BCUT2D eigenvalue weighted by Gasteiger charge is -2.52. The zero-order valence-electron chi connectivity index (χ0n) is 12.5. The van der Waals surface area contributed by atoms with Gasteiger partial charge in [0.1, 0.15) is 12.2 Å². The molecule has 0 bridgehead atoms. The Morgan fingerprint density at radius 2 is 2.38 bits per heavy atom. The number of anilines is 1. The summed E-state index contributed by atoms with van der Waals surface area (Å²) in [4.78, 5) is 12.3. The minimum atomic E-state index is -0.295. The monoisotopic (exact) mass is 309 g/mol. The van der Waals surface area contributed by atoms with E-state index in [4.69, 9.17) is 22.8 Å². The highest BCUT2D eigenvalue weighted by Crippen LogP contribution is 2.44. The van der Waals surface area contributed by atoms with Crippen molar-refractivity contribution in [2.75, 3.05) is 11.9 Å². The Hall–Kier alpha value is -1.51. The van der Waals surface area contributed by atoms with E-state index in [2.05, 4.69) is 30.2 Å². The van der Waals surface area contributed by atoms with Gasteiger partial charge in [0.05, 0.1) is 17.3 Å². The first-order valence-electron chi connectivity index (χ1n) is 6.99. The van der Waals surface area contributed by atoms with Crippen molar-refractivity contribution < 1.29 is 4.74 Å². The summed E-state index contributed by atoms with van der Waals surface area (Å²) in [6.07, 6.45) is 7.70. The molecule has 0 amide bonds. The zero-order valence-corrected chi connectivity index (χ0v) is 13.3. The summed E-state index contributed by atoms with van der Waals surface area (Å²) in [6, 6.07) is 0.126. The molecule has 5 nitrogen and oxygen atoms in total. The van der Waals surface area contributed by atoms with E-state index in [0.29, 0.717) is 17.3 Å². The average Bonchev–Trinajstić information content (AvgIpc) is 2.44. The molecule has 0 aliphatic heterocycles. The van der Waals surface area contributed by atoms with E-state index >= 15 is 0 Å². The van der Waals surface area contributed by atoms with E-state index in [1.807, 2.05) is 6.92 Å². The second-order valence-corrected chi connectivity index (χ2v) is 6.14. The van der Waals surface area contributed by atoms with Gasteiger partial charge in [-0.25, -0.2) is 4.68 Å². The molecule has 2 unspecified atom stereocenters. The molecule has 1 heterocycles. The number of hydrogen-bond donors (Lipinski definition) is 1. The van der Waals surface area contributed by atoms with Crippen LogP contribution in [0.1, 0.15) is 27.2 Å². The zero-order chi connectivity index (χ0) is 15.6. The van der Waals surface area contributed by atoms with Crippen molar-refractivity contribution >= 4 is 17.3 Å². The number of rotatable bonds is 5. The van der Waals surface area contributed by atoms with Crippen molar-refractivity contribution in [3.8, 4) is 12.3 Å². The number of nitrogens with one attached hydrogen (secondary N) is 1. The molecule has 0 spiro atoms. The van der Waals surface area contributed by atoms with E-state index < -0.39 is 0 Å². The van der Waals surface area contributed by atoms with Gasteiger partial charge in [0.2, 0.25) is 0 Å². The summed E-state index contributed by atoms with van der Waals surface area (Å²) in [6.45, 7) is 7.02. The first kappa shape index (κ1) is 15.9. The maximum absolute atomic E-state index is 12.3. The Labute approximate surface area is 129 Å². The van der Waals surface area contributed by atoms with Crippen molar-refractivity contribution in [2.45, 2.75) is 45.9 Å². The van der Waals surface area contributed by atoms with Gasteiger partial charge in [-0.05, 0) is 13.3 Å². The topological polar surface area (TPSA) is 56.1 Å². The molecule has 1 saturated carbocycles. The first-order chi connectivity index (χ1) is 9.91. The molecule has 0 radical (unpaired) electrons. The molecule has 1 N–H and O–H groups in total. The molecule has 1 aromatic heterocycles. The molecule has 1 aliphatic carbocycles. The third kappa shape index (κ3) is 2.92. The summed E-state index contributed by atoms with van der Waals surface area (Å²) >= 11 is 6.10. The van der Waals surface area contributed by atoms with Crippen LogP contribution in [0.3, 0.4) is 0 Å². The Bertz CT molecular complexity index is 618. The summed E-state index contributed by atoms with van der Waals surface area (Å²) in [5.74, 6) is 2.40. The van der Waals surface area contributed by atoms with Crippen LogP contribution in [0.5, 0.6) is 0 Å². The normalized spacial score (nSPS) is 23.2. The molecule has 1 fully saturated rings. The van der Waals surface area contributed by atoms with Gasteiger partial charge in [-0.2, -0.15) is 5.10 Å². The van der Waals surface area contributed by atoms with Gasteiger partial charge in [-0.1, -0.05) is 31.4 Å². The van der Waals surface area contributed by atoms with Crippen molar-refractivity contribution in [3.05, 3.63) is 21.6 Å². The van der Waals surface area contributed by atoms with Crippen molar-refractivity contribution in [1.82, 2.24) is 9.78 Å². The van der Waals surface area contributed by atoms with Crippen molar-refractivity contribution in [3.63, 3.8) is 0 Å². The first-order valence-corrected chi connectivity index (χ1v) is 7.36. The van der Waals surface area contributed by atoms with Crippen LogP contribution in [0.4, 0.5) is 5.69 Å². The number of ether oxygens (including phenoxy) is 1. The fourth-order valence-corrected chi connectivity index (χ4v) is 2.77. The van der Waals surface area contributed by atoms with Gasteiger partial charge in [0.15, 0.2) is 0 Å². The molecule has 6 heteroatoms. The summed E-state index contributed by atoms with van der Waals surface area (Å²) in [7, 11) is 0. The lowest BCUT2D eigenvalue weighted by atomic mass is 9.64. The highest BCUT2D eigenvalue weighted by molar-refractivity contribution is 6.33. The minimum Gasteiger partial charge on any atom is -0.378 e. The smallest absolute Gasteiger partial charge is 0.292 e. The van der Waals surface area contributed by atoms with Gasteiger partial charge in [-0.15, -0.1) is 6.42 Å². The Kier molecular flexibility index (Phi) is 4.60. The van der Waals surface area contributed by atoms with Gasteiger partial charge in [0, 0.05) is 18.1 Å². The van der Waals surface area contributed by atoms with E-state index in [0.717, 1.165) is 6.42 Å². The third-order valence-corrected chi connectivity index (χ3v) is 4.39. The standard InChI is InChI=1S/C15H20ClN3O2/c1-5-7-19-14(20)13(10(16)9-17-19)18-11-8-12(21-6-2)15(11,3)4/h1,9,11-12,18H,6-8H2,2-4H3. The molecule has 2 atom stereocenters. The van der Waals surface area contributed by atoms with Gasteiger partial charge in [0.25, 0.3) is 5.56 Å². The molecule has 0 saturated heterocycles. The van der Waals surface area contributed by atoms with Gasteiger partial charge in [-0.3, -0.25) is 4.79 Å². The molecule has 21 heavy (non-hydrogen) atoms. The van der Waals surface area contributed by atoms with Crippen LogP contribution in [-0.2, 0) is 11.3 Å². The fraction of sp³-hybridized carbons (Fsp3) is 0.600. The largest absolute Gasteiger partial charge is 0.378 e. The maximum Gasteiger partial charge on any atom is 0.292 e. The molecular formula is C15H20ClN3O2. The average molecular weight is 310 g/mol. The highest BCUT2D eigenvalue weighted by Gasteiger charge is 2.49. The quantitative estimate of drug-likeness (QED) is 0.847. The van der Waals surface area contributed by atoms with Crippen LogP contribution in [0, 0.1) is 17.8 Å². The number of aromatic nitrogens is 2. The number of nitrogens with zero attached hydrogens (tertiary/aromatic N) is 2. The van der Waals surface area contributed by atoms with Crippen LogP contribution < -0.4 is 10.9 Å². The van der Waals surface area contributed by atoms with E-state index in [1.54, 1.807) is 0 Å². The lowest BCUT2D eigenvalue weighted by molar-refractivity contribution is -0.0976. The number of hydrogen-bond acceptors (Lipinski definition) is 4. The van der Waals surface area contributed by atoms with Crippen molar-refractivity contribution in [1.29, 1.82) is 0 Å². The predicted molar refractivity (Wildman–Crippen MR) is 83.6 cm³/mol. The molecule has 114 valence electrons. The molecule has 0 aromatic carbocycles. The fourth-order valence-electron chi connectivity index (χ4n) is 2.59. The van der Waals surface area contributed by atoms with Crippen LogP contribution in [0.15, 0.2) is 11.0 Å². The predicted octanol–water partition coefficient (Wildman–Crippen LogP) is 2.15. The van der Waals surface area contributed by atoms with Crippen LogP contribution in [-0.4, -0.2) is 28.5 Å². The SMILES string of the molecule is C#CCn1ncc(Cl)c(NC2CC(OCC)C2(C)C)c1=O. The van der Waals surface area contributed by atoms with E-state index in [1.165, 1.54) is 10.9 Å². The molecule has 2 rings (SSSR count). The second-order valence-electron chi connectivity index (χ2n) is 5.73. The van der Waals surface area contributed by atoms with Gasteiger partial charge >= 0.3 is 0 Å². The Balaban J connectivity index is 2.20. The Morgan fingerprint density at radius 3 is 2.95 bits per heavy atom. The van der Waals surface area contributed by atoms with Gasteiger partial charge < -0.3 is 10.1 Å². The number of halogens is 1. The second kappa shape index (κ2) is 6.08. The third-order valence-electron chi connectivity index (χ3n) is 4.10. The number of terminal acetylenes is 1. The van der Waals surface area contributed by atoms with E-state index in [-0.39, 0.29) is 29.7 Å².